The lowest BCUT2D eigenvalue weighted by Crippen LogP contribution is -2.46. The summed E-state index contributed by atoms with van der Waals surface area (Å²) in [7, 11) is 0. The minimum absolute atomic E-state index is 0.314. The zero-order valence-corrected chi connectivity index (χ0v) is 18.0. The summed E-state index contributed by atoms with van der Waals surface area (Å²) in [5, 5.41) is 9.84. The van der Waals surface area contributed by atoms with Gasteiger partial charge in [0.25, 0.3) is 0 Å². The van der Waals surface area contributed by atoms with Crippen LogP contribution in [0.4, 0.5) is 11.4 Å². The standard InChI is InChI=1S/C25H26ClN3O2/c26-21-7-3-9-23(17-21)29-12-10-28(11-13-29)22-8-2-6-20(16-22)19-5-1-4-18(14-19)15-24(27)25(30)31/h1-9,14,16-17,24H,10-13,15,27H2,(H,30,31). The lowest BCUT2D eigenvalue weighted by atomic mass is 9.99. The fraction of sp³-hybridized carbons (Fsp3) is 0.240. The first-order valence-electron chi connectivity index (χ1n) is 10.4. The normalized spacial score (nSPS) is 15.0. The van der Waals surface area contributed by atoms with Gasteiger partial charge in [-0.2, -0.15) is 0 Å². The SMILES string of the molecule is NC(Cc1cccc(-c2cccc(N3CCN(c4cccc(Cl)c4)CC3)c2)c1)C(=O)O. The first-order valence-corrected chi connectivity index (χ1v) is 10.8. The molecular formula is C25H26ClN3O2. The second-order valence-electron chi connectivity index (χ2n) is 7.85. The molecular weight excluding hydrogens is 410 g/mol. The molecule has 3 aromatic carbocycles. The molecule has 0 bridgehead atoms. The van der Waals surface area contributed by atoms with Crippen LogP contribution in [0.5, 0.6) is 0 Å². The molecule has 3 N–H and O–H groups in total. The summed E-state index contributed by atoms with van der Waals surface area (Å²) >= 11 is 6.15. The molecule has 1 saturated heterocycles. The highest BCUT2D eigenvalue weighted by atomic mass is 35.5. The summed E-state index contributed by atoms with van der Waals surface area (Å²) in [6.45, 7) is 3.74. The van der Waals surface area contributed by atoms with E-state index in [1.54, 1.807) is 0 Å². The van der Waals surface area contributed by atoms with Gasteiger partial charge in [0.15, 0.2) is 0 Å². The van der Waals surface area contributed by atoms with Crippen molar-refractivity contribution in [3.8, 4) is 11.1 Å². The Balaban J connectivity index is 1.46. The third-order valence-corrected chi connectivity index (χ3v) is 5.93. The first kappa shape index (κ1) is 21.2. The van der Waals surface area contributed by atoms with Crippen LogP contribution in [-0.4, -0.2) is 43.3 Å². The summed E-state index contributed by atoms with van der Waals surface area (Å²) < 4.78 is 0. The summed E-state index contributed by atoms with van der Waals surface area (Å²) in [5.74, 6) is -0.982. The van der Waals surface area contributed by atoms with Gasteiger partial charge in [-0.1, -0.05) is 54.1 Å². The molecule has 1 unspecified atom stereocenters. The number of carboxylic acids is 1. The summed E-state index contributed by atoms with van der Waals surface area (Å²) in [6, 6.07) is 23.6. The zero-order valence-electron chi connectivity index (χ0n) is 17.2. The van der Waals surface area contributed by atoms with Gasteiger partial charge in [0.05, 0.1) is 0 Å². The van der Waals surface area contributed by atoms with E-state index >= 15 is 0 Å². The third kappa shape index (κ3) is 5.19. The largest absolute Gasteiger partial charge is 0.480 e. The maximum Gasteiger partial charge on any atom is 0.320 e. The van der Waals surface area contributed by atoms with Crippen LogP contribution in [-0.2, 0) is 11.2 Å². The molecule has 0 aromatic heterocycles. The molecule has 1 fully saturated rings. The highest BCUT2D eigenvalue weighted by Gasteiger charge is 2.18. The average Bonchev–Trinajstić information content (AvgIpc) is 2.79. The number of halogens is 1. The highest BCUT2D eigenvalue weighted by Crippen LogP contribution is 2.28. The Kier molecular flexibility index (Phi) is 6.44. The molecule has 3 aromatic rings. The number of nitrogens with two attached hydrogens (primary N) is 1. The van der Waals surface area contributed by atoms with Gasteiger partial charge in [-0.15, -0.1) is 0 Å². The number of nitrogens with zero attached hydrogens (tertiary/aromatic N) is 2. The minimum Gasteiger partial charge on any atom is -0.480 e. The van der Waals surface area contributed by atoms with E-state index in [1.807, 2.05) is 42.5 Å². The predicted octanol–water partition coefficient (Wildman–Crippen LogP) is 4.29. The number of piperazine rings is 1. The molecule has 0 aliphatic carbocycles. The first-order chi connectivity index (χ1) is 15.0. The van der Waals surface area contributed by atoms with Gasteiger partial charge in [0.2, 0.25) is 0 Å². The summed E-state index contributed by atoms with van der Waals surface area (Å²) in [5.41, 5.74) is 11.2. The smallest absolute Gasteiger partial charge is 0.320 e. The Morgan fingerprint density at radius 3 is 2.03 bits per heavy atom. The van der Waals surface area contributed by atoms with E-state index in [-0.39, 0.29) is 0 Å². The molecule has 31 heavy (non-hydrogen) atoms. The number of carboxylic acid groups (broad SMARTS) is 1. The van der Waals surface area contributed by atoms with E-state index in [1.165, 1.54) is 5.69 Å². The van der Waals surface area contributed by atoms with Crippen molar-refractivity contribution in [2.45, 2.75) is 12.5 Å². The second-order valence-corrected chi connectivity index (χ2v) is 8.29. The fourth-order valence-corrected chi connectivity index (χ4v) is 4.18. The monoisotopic (exact) mass is 435 g/mol. The Morgan fingerprint density at radius 2 is 1.42 bits per heavy atom. The maximum absolute atomic E-state index is 11.1. The Morgan fingerprint density at radius 1 is 0.871 bits per heavy atom. The van der Waals surface area contributed by atoms with Gasteiger partial charge < -0.3 is 20.6 Å². The molecule has 0 spiro atoms. The van der Waals surface area contributed by atoms with E-state index in [9.17, 15) is 4.79 Å². The second kappa shape index (κ2) is 9.41. The third-order valence-electron chi connectivity index (χ3n) is 5.70. The van der Waals surface area contributed by atoms with Gasteiger partial charge in [-0.3, -0.25) is 4.79 Å². The van der Waals surface area contributed by atoms with Gasteiger partial charge in [-0.05, 0) is 53.4 Å². The molecule has 1 aliphatic heterocycles. The molecule has 160 valence electrons. The van der Waals surface area contributed by atoms with Crippen LogP contribution >= 0.6 is 11.6 Å². The Labute approximate surface area is 187 Å². The zero-order chi connectivity index (χ0) is 21.8. The van der Waals surface area contributed by atoms with Crippen molar-refractivity contribution in [1.29, 1.82) is 0 Å². The van der Waals surface area contributed by atoms with Crippen molar-refractivity contribution >= 4 is 28.9 Å². The number of aliphatic carboxylic acids is 1. The van der Waals surface area contributed by atoms with Crippen molar-refractivity contribution in [2.24, 2.45) is 5.73 Å². The van der Waals surface area contributed by atoms with Gasteiger partial charge >= 0.3 is 5.97 Å². The van der Waals surface area contributed by atoms with E-state index in [2.05, 4.69) is 40.1 Å². The molecule has 5 nitrogen and oxygen atoms in total. The number of hydrogen-bond acceptors (Lipinski definition) is 4. The van der Waals surface area contributed by atoms with E-state index in [0.717, 1.165) is 53.6 Å². The highest BCUT2D eigenvalue weighted by molar-refractivity contribution is 6.30. The number of carbonyl (C=O) groups is 1. The predicted molar refractivity (Wildman–Crippen MR) is 127 cm³/mol. The van der Waals surface area contributed by atoms with Crippen molar-refractivity contribution in [3.63, 3.8) is 0 Å². The molecule has 1 atom stereocenters. The number of hydrogen-bond donors (Lipinski definition) is 2. The minimum atomic E-state index is -0.982. The Hall–Kier alpha value is -3.02. The molecule has 0 radical (unpaired) electrons. The van der Waals surface area contributed by atoms with Crippen LogP contribution in [0, 0.1) is 0 Å². The van der Waals surface area contributed by atoms with Crippen LogP contribution in [0.1, 0.15) is 5.56 Å². The van der Waals surface area contributed by atoms with Crippen LogP contribution in [0.3, 0.4) is 0 Å². The average molecular weight is 436 g/mol. The van der Waals surface area contributed by atoms with Gasteiger partial charge in [0.1, 0.15) is 6.04 Å². The topological polar surface area (TPSA) is 69.8 Å². The van der Waals surface area contributed by atoms with Crippen LogP contribution in [0.25, 0.3) is 11.1 Å². The van der Waals surface area contributed by atoms with Gasteiger partial charge in [0, 0.05) is 42.6 Å². The molecule has 1 aliphatic rings. The van der Waals surface area contributed by atoms with Crippen LogP contribution in [0.2, 0.25) is 5.02 Å². The van der Waals surface area contributed by atoms with Crippen molar-refractivity contribution in [3.05, 3.63) is 83.4 Å². The lowest BCUT2D eigenvalue weighted by molar-refractivity contribution is -0.138. The molecule has 1 heterocycles. The van der Waals surface area contributed by atoms with Crippen molar-refractivity contribution in [1.82, 2.24) is 0 Å². The molecule has 6 heteroatoms. The number of benzene rings is 3. The number of rotatable bonds is 6. The molecule has 4 rings (SSSR count). The van der Waals surface area contributed by atoms with Crippen LogP contribution < -0.4 is 15.5 Å². The van der Waals surface area contributed by atoms with Crippen molar-refractivity contribution in [2.75, 3.05) is 36.0 Å². The lowest BCUT2D eigenvalue weighted by Gasteiger charge is -2.37. The summed E-state index contributed by atoms with van der Waals surface area (Å²) in [6.07, 6.45) is 0.314. The van der Waals surface area contributed by atoms with Crippen molar-refractivity contribution < 1.29 is 9.90 Å². The molecule has 0 saturated carbocycles. The number of anilines is 2. The Bertz CT molecular complexity index is 1060. The maximum atomic E-state index is 11.1. The van der Waals surface area contributed by atoms with Crippen LogP contribution in [0.15, 0.2) is 72.8 Å². The van der Waals surface area contributed by atoms with E-state index in [4.69, 9.17) is 22.4 Å². The van der Waals surface area contributed by atoms with E-state index in [0.29, 0.717) is 6.42 Å². The quantitative estimate of drug-likeness (QED) is 0.604. The van der Waals surface area contributed by atoms with Gasteiger partial charge in [-0.25, -0.2) is 0 Å². The fourth-order valence-electron chi connectivity index (χ4n) is 4.00. The molecule has 0 amide bonds. The van der Waals surface area contributed by atoms with E-state index < -0.39 is 12.0 Å². The summed E-state index contributed by atoms with van der Waals surface area (Å²) in [4.78, 5) is 15.8.